The number of benzene rings is 1. The molecule has 0 saturated carbocycles. The van der Waals surface area contributed by atoms with Gasteiger partial charge >= 0.3 is 6.18 Å². The molecule has 2 N–H and O–H groups in total. The zero-order chi connectivity index (χ0) is 12.5. The lowest BCUT2D eigenvalue weighted by molar-refractivity contribution is -0.137. The standard InChI is InChI=1S/C11H12F4N2/c12-10-3-8(11(13,14)15)2-1-7(10)4-17-9-5-16-6-9/h1-3,9,16-17H,4-6H2. The molecule has 0 aliphatic carbocycles. The first kappa shape index (κ1) is 12.3. The maximum absolute atomic E-state index is 13.4. The van der Waals surface area contributed by atoms with Gasteiger partial charge < -0.3 is 10.6 Å². The molecule has 1 heterocycles. The number of rotatable bonds is 3. The van der Waals surface area contributed by atoms with Gasteiger partial charge in [-0.2, -0.15) is 13.2 Å². The van der Waals surface area contributed by atoms with Gasteiger partial charge in [0.25, 0.3) is 0 Å². The minimum atomic E-state index is -4.50. The largest absolute Gasteiger partial charge is 0.416 e. The van der Waals surface area contributed by atoms with Crippen LogP contribution in [0.3, 0.4) is 0 Å². The van der Waals surface area contributed by atoms with Crippen molar-refractivity contribution in [2.45, 2.75) is 18.8 Å². The van der Waals surface area contributed by atoms with E-state index in [0.29, 0.717) is 6.07 Å². The van der Waals surface area contributed by atoms with Crippen LogP contribution in [0.5, 0.6) is 0 Å². The summed E-state index contributed by atoms with van der Waals surface area (Å²) in [6.45, 7) is 1.86. The highest BCUT2D eigenvalue weighted by Gasteiger charge is 2.31. The average Bonchev–Trinajstić information content (AvgIpc) is 2.16. The highest BCUT2D eigenvalue weighted by molar-refractivity contribution is 5.26. The van der Waals surface area contributed by atoms with Crippen LogP contribution in [-0.4, -0.2) is 19.1 Å². The molecule has 6 heteroatoms. The summed E-state index contributed by atoms with van der Waals surface area (Å²) in [6.07, 6.45) is -4.50. The molecule has 2 rings (SSSR count). The molecular weight excluding hydrogens is 236 g/mol. The molecule has 0 atom stereocenters. The Morgan fingerprint density at radius 3 is 2.47 bits per heavy atom. The van der Waals surface area contributed by atoms with E-state index < -0.39 is 17.6 Å². The zero-order valence-electron chi connectivity index (χ0n) is 8.94. The van der Waals surface area contributed by atoms with Crippen molar-refractivity contribution in [3.63, 3.8) is 0 Å². The third-order valence-corrected chi connectivity index (χ3v) is 2.74. The van der Waals surface area contributed by atoms with Crippen LogP contribution < -0.4 is 10.6 Å². The molecule has 1 aliphatic heterocycles. The van der Waals surface area contributed by atoms with E-state index >= 15 is 0 Å². The minimum absolute atomic E-state index is 0.246. The first-order valence-electron chi connectivity index (χ1n) is 5.26. The molecule has 1 aliphatic rings. The summed E-state index contributed by atoms with van der Waals surface area (Å²) >= 11 is 0. The molecule has 0 aromatic heterocycles. The van der Waals surface area contributed by atoms with Gasteiger partial charge in [-0.3, -0.25) is 0 Å². The summed E-state index contributed by atoms with van der Waals surface area (Å²) in [6, 6.07) is 2.89. The lowest BCUT2D eigenvalue weighted by atomic mass is 10.1. The van der Waals surface area contributed by atoms with Gasteiger partial charge in [0.15, 0.2) is 0 Å². The molecular formula is C11H12F4N2. The number of hydrogen-bond acceptors (Lipinski definition) is 2. The molecule has 1 aromatic rings. The van der Waals surface area contributed by atoms with E-state index in [9.17, 15) is 17.6 Å². The van der Waals surface area contributed by atoms with Crippen LogP contribution in [0.15, 0.2) is 18.2 Å². The fourth-order valence-corrected chi connectivity index (χ4v) is 1.55. The monoisotopic (exact) mass is 248 g/mol. The lowest BCUT2D eigenvalue weighted by Crippen LogP contribution is -2.55. The van der Waals surface area contributed by atoms with Crippen molar-refractivity contribution in [1.29, 1.82) is 0 Å². The van der Waals surface area contributed by atoms with Gasteiger partial charge in [0.2, 0.25) is 0 Å². The average molecular weight is 248 g/mol. The summed E-state index contributed by atoms with van der Waals surface area (Å²) in [7, 11) is 0. The van der Waals surface area contributed by atoms with E-state index in [1.807, 2.05) is 0 Å². The molecule has 2 nitrogen and oxygen atoms in total. The Bertz CT molecular complexity index is 399. The van der Waals surface area contributed by atoms with Gasteiger partial charge in [0.1, 0.15) is 5.82 Å². The molecule has 0 bridgehead atoms. The Balaban J connectivity index is 2.03. The topological polar surface area (TPSA) is 24.1 Å². The molecule has 1 fully saturated rings. The van der Waals surface area contributed by atoms with Crippen molar-refractivity contribution in [3.8, 4) is 0 Å². The van der Waals surface area contributed by atoms with Crippen LogP contribution in [0.25, 0.3) is 0 Å². The predicted octanol–water partition coefficient (Wildman–Crippen LogP) is 1.91. The quantitative estimate of drug-likeness (QED) is 0.798. The fraction of sp³-hybridized carbons (Fsp3) is 0.455. The van der Waals surface area contributed by atoms with Gasteiger partial charge in [-0.15, -0.1) is 0 Å². The van der Waals surface area contributed by atoms with Crippen LogP contribution in [0.2, 0.25) is 0 Å². The van der Waals surface area contributed by atoms with Crippen molar-refractivity contribution >= 4 is 0 Å². The summed E-state index contributed by atoms with van der Waals surface area (Å²) in [4.78, 5) is 0. The lowest BCUT2D eigenvalue weighted by Gasteiger charge is -2.28. The Kier molecular flexibility index (Phi) is 3.35. The smallest absolute Gasteiger partial charge is 0.314 e. The van der Waals surface area contributed by atoms with Gasteiger partial charge in [-0.1, -0.05) is 6.07 Å². The predicted molar refractivity (Wildman–Crippen MR) is 54.9 cm³/mol. The second-order valence-electron chi connectivity index (χ2n) is 4.04. The van der Waals surface area contributed by atoms with Crippen molar-refractivity contribution in [1.82, 2.24) is 10.6 Å². The summed E-state index contributed by atoms with van der Waals surface area (Å²) < 4.78 is 50.3. The number of nitrogens with one attached hydrogen (secondary N) is 2. The minimum Gasteiger partial charge on any atom is -0.314 e. The maximum atomic E-state index is 13.4. The Morgan fingerprint density at radius 2 is 2.00 bits per heavy atom. The number of hydrogen-bond donors (Lipinski definition) is 2. The highest BCUT2D eigenvalue weighted by atomic mass is 19.4. The summed E-state index contributed by atoms with van der Waals surface area (Å²) in [5, 5.41) is 6.09. The maximum Gasteiger partial charge on any atom is 0.416 e. The van der Waals surface area contributed by atoms with Crippen molar-refractivity contribution in [3.05, 3.63) is 35.1 Å². The number of alkyl halides is 3. The Hall–Kier alpha value is -1.14. The van der Waals surface area contributed by atoms with Crippen LogP contribution in [0, 0.1) is 5.82 Å². The second-order valence-corrected chi connectivity index (χ2v) is 4.04. The Morgan fingerprint density at radius 1 is 1.29 bits per heavy atom. The zero-order valence-corrected chi connectivity index (χ0v) is 8.94. The third kappa shape index (κ3) is 2.95. The van der Waals surface area contributed by atoms with Crippen LogP contribution in [0.4, 0.5) is 17.6 Å². The molecule has 1 saturated heterocycles. The SMILES string of the molecule is Fc1cc(C(F)(F)F)ccc1CNC1CNC1. The molecule has 1 aromatic carbocycles. The van der Waals surface area contributed by atoms with E-state index in [1.165, 1.54) is 6.07 Å². The van der Waals surface area contributed by atoms with Crippen molar-refractivity contribution in [2.75, 3.05) is 13.1 Å². The van der Waals surface area contributed by atoms with Crippen LogP contribution in [-0.2, 0) is 12.7 Å². The first-order chi connectivity index (χ1) is 7.97. The first-order valence-corrected chi connectivity index (χ1v) is 5.26. The molecule has 17 heavy (non-hydrogen) atoms. The van der Waals surface area contributed by atoms with Crippen LogP contribution in [0.1, 0.15) is 11.1 Å². The molecule has 94 valence electrons. The third-order valence-electron chi connectivity index (χ3n) is 2.74. The van der Waals surface area contributed by atoms with E-state index in [2.05, 4.69) is 10.6 Å². The van der Waals surface area contributed by atoms with Gasteiger partial charge in [0.05, 0.1) is 5.56 Å². The fourth-order valence-electron chi connectivity index (χ4n) is 1.55. The molecule has 0 radical (unpaired) electrons. The van der Waals surface area contributed by atoms with Gasteiger partial charge in [-0.25, -0.2) is 4.39 Å². The molecule has 0 spiro atoms. The van der Waals surface area contributed by atoms with Crippen molar-refractivity contribution < 1.29 is 17.6 Å². The van der Waals surface area contributed by atoms with E-state index in [-0.39, 0.29) is 18.2 Å². The van der Waals surface area contributed by atoms with Gasteiger partial charge in [-0.05, 0) is 12.1 Å². The normalized spacial score (nSPS) is 16.9. The van der Waals surface area contributed by atoms with Gasteiger partial charge in [0, 0.05) is 31.2 Å². The van der Waals surface area contributed by atoms with E-state index in [0.717, 1.165) is 19.2 Å². The highest BCUT2D eigenvalue weighted by Crippen LogP contribution is 2.30. The second kappa shape index (κ2) is 4.62. The molecule has 0 amide bonds. The van der Waals surface area contributed by atoms with E-state index in [1.54, 1.807) is 0 Å². The summed E-state index contributed by atoms with van der Waals surface area (Å²) in [5.41, 5.74) is -0.700. The van der Waals surface area contributed by atoms with Crippen LogP contribution >= 0.6 is 0 Å². The summed E-state index contributed by atoms with van der Waals surface area (Å²) in [5.74, 6) is -0.820. The Labute approximate surface area is 96.0 Å². The number of halogens is 4. The van der Waals surface area contributed by atoms with E-state index in [4.69, 9.17) is 0 Å². The molecule has 0 unspecified atom stereocenters. The van der Waals surface area contributed by atoms with Crippen molar-refractivity contribution in [2.24, 2.45) is 0 Å².